The van der Waals surface area contributed by atoms with E-state index in [9.17, 15) is 0 Å². The van der Waals surface area contributed by atoms with Gasteiger partial charge < -0.3 is 10.1 Å². The maximum atomic E-state index is 5.68. The first kappa shape index (κ1) is 13.6. The number of benzene rings is 1. The number of rotatable bonds is 5. The first-order valence-electron chi connectivity index (χ1n) is 7.12. The average molecular weight is 247 g/mol. The second-order valence-corrected chi connectivity index (χ2v) is 5.58. The highest BCUT2D eigenvalue weighted by Gasteiger charge is 2.21. The van der Waals surface area contributed by atoms with E-state index in [4.69, 9.17) is 4.74 Å². The zero-order chi connectivity index (χ0) is 13.0. The average Bonchev–Trinajstić information content (AvgIpc) is 2.39. The summed E-state index contributed by atoms with van der Waals surface area (Å²) in [6.45, 7) is 8.42. The molecule has 0 amide bonds. The number of ether oxygens (including phenoxy) is 1. The summed E-state index contributed by atoms with van der Waals surface area (Å²) in [5.41, 5.74) is 2.75. The Balaban J connectivity index is 1.98. The van der Waals surface area contributed by atoms with Gasteiger partial charge in [-0.05, 0) is 30.4 Å². The maximum absolute atomic E-state index is 5.68. The maximum Gasteiger partial charge on any atom is 0.0721 e. The lowest BCUT2D eigenvalue weighted by atomic mass is 9.96. The molecule has 0 radical (unpaired) electrons. The molecule has 0 bridgehead atoms. The zero-order valence-corrected chi connectivity index (χ0v) is 11.8. The van der Waals surface area contributed by atoms with Gasteiger partial charge in [-0.15, -0.1) is 0 Å². The van der Waals surface area contributed by atoms with Crippen LogP contribution in [0, 0.1) is 5.92 Å². The van der Waals surface area contributed by atoms with E-state index in [1.54, 1.807) is 0 Å². The van der Waals surface area contributed by atoms with Crippen molar-refractivity contribution in [3.8, 4) is 0 Å². The van der Waals surface area contributed by atoms with Gasteiger partial charge in [0, 0.05) is 6.04 Å². The van der Waals surface area contributed by atoms with Crippen molar-refractivity contribution in [2.24, 2.45) is 5.92 Å². The van der Waals surface area contributed by atoms with Crippen LogP contribution in [0.2, 0.25) is 0 Å². The lowest BCUT2D eigenvalue weighted by molar-refractivity contribution is 0.0780. The van der Waals surface area contributed by atoms with Gasteiger partial charge in [0.25, 0.3) is 0 Å². The SMILES string of the molecule is CCC(C)CC(C)NC1COCc2ccccc21. The van der Waals surface area contributed by atoms with Crippen molar-refractivity contribution in [2.75, 3.05) is 6.61 Å². The van der Waals surface area contributed by atoms with Gasteiger partial charge in [-0.2, -0.15) is 0 Å². The molecule has 0 fully saturated rings. The molecule has 1 aromatic rings. The molecular weight excluding hydrogens is 222 g/mol. The second-order valence-electron chi connectivity index (χ2n) is 5.58. The third-order valence-electron chi connectivity index (χ3n) is 3.91. The van der Waals surface area contributed by atoms with Gasteiger partial charge in [0.1, 0.15) is 0 Å². The first-order valence-corrected chi connectivity index (χ1v) is 7.12. The molecule has 3 atom stereocenters. The fourth-order valence-corrected chi connectivity index (χ4v) is 2.70. The van der Waals surface area contributed by atoms with E-state index in [2.05, 4.69) is 50.4 Å². The van der Waals surface area contributed by atoms with Gasteiger partial charge in [0.2, 0.25) is 0 Å². The summed E-state index contributed by atoms with van der Waals surface area (Å²) in [5, 5.41) is 3.72. The van der Waals surface area contributed by atoms with E-state index >= 15 is 0 Å². The van der Waals surface area contributed by atoms with Gasteiger partial charge in [-0.3, -0.25) is 0 Å². The number of hydrogen-bond acceptors (Lipinski definition) is 2. The van der Waals surface area contributed by atoms with Crippen molar-refractivity contribution in [2.45, 2.75) is 52.3 Å². The van der Waals surface area contributed by atoms with Crippen LogP contribution in [-0.2, 0) is 11.3 Å². The topological polar surface area (TPSA) is 21.3 Å². The minimum Gasteiger partial charge on any atom is -0.375 e. The minimum atomic E-state index is 0.356. The lowest BCUT2D eigenvalue weighted by Gasteiger charge is -2.30. The van der Waals surface area contributed by atoms with Gasteiger partial charge >= 0.3 is 0 Å². The molecule has 1 aliphatic heterocycles. The Hall–Kier alpha value is -0.860. The van der Waals surface area contributed by atoms with E-state index in [-0.39, 0.29) is 0 Å². The van der Waals surface area contributed by atoms with Crippen molar-refractivity contribution in [3.05, 3.63) is 35.4 Å². The van der Waals surface area contributed by atoms with Crippen molar-refractivity contribution in [3.63, 3.8) is 0 Å². The largest absolute Gasteiger partial charge is 0.375 e. The molecule has 0 saturated heterocycles. The Kier molecular flexibility index (Phi) is 4.79. The van der Waals surface area contributed by atoms with Crippen LogP contribution in [0.25, 0.3) is 0 Å². The molecule has 18 heavy (non-hydrogen) atoms. The van der Waals surface area contributed by atoms with Crippen LogP contribution in [0.15, 0.2) is 24.3 Å². The Labute approximate surface area is 111 Å². The van der Waals surface area contributed by atoms with Crippen molar-refractivity contribution in [1.29, 1.82) is 0 Å². The Morgan fingerprint density at radius 1 is 1.33 bits per heavy atom. The van der Waals surface area contributed by atoms with E-state index < -0.39 is 0 Å². The van der Waals surface area contributed by atoms with E-state index in [0.717, 1.165) is 19.1 Å². The summed E-state index contributed by atoms with van der Waals surface area (Å²) in [5.74, 6) is 0.784. The van der Waals surface area contributed by atoms with Crippen LogP contribution in [0.5, 0.6) is 0 Å². The fraction of sp³-hybridized carbons (Fsp3) is 0.625. The van der Waals surface area contributed by atoms with Gasteiger partial charge in [0.15, 0.2) is 0 Å². The molecule has 100 valence electrons. The molecule has 1 heterocycles. The third-order valence-corrected chi connectivity index (χ3v) is 3.91. The molecule has 1 aliphatic rings. The second kappa shape index (κ2) is 6.35. The van der Waals surface area contributed by atoms with Crippen molar-refractivity contribution >= 4 is 0 Å². The van der Waals surface area contributed by atoms with Crippen molar-refractivity contribution < 1.29 is 4.74 Å². The monoisotopic (exact) mass is 247 g/mol. The van der Waals surface area contributed by atoms with Gasteiger partial charge in [-0.1, -0.05) is 44.5 Å². The highest BCUT2D eigenvalue weighted by molar-refractivity contribution is 5.31. The van der Waals surface area contributed by atoms with Crippen LogP contribution < -0.4 is 5.32 Å². The number of nitrogens with one attached hydrogen (secondary N) is 1. The molecule has 0 saturated carbocycles. The Morgan fingerprint density at radius 3 is 2.89 bits per heavy atom. The summed E-state index contributed by atoms with van der Waals surface area (Å²) < 4.78 is 5.68. The van der Waals surface area contributed by atoms with Crippen molar-refractivity contribution in [1.82, 2.24) is 5.32 Å². The molecule has 3 unspecified atom stereocenters. The molecule has 2 nitrogen and oxygen atoms in total. The van der Waals surface area contributed by atoms with Gasteiger partial charge in [-0.25, -0.2) is 0 Å². The minimum absolute atomic E-state index is 0.356. The van der Waals surface area contributed by atoms with E-state index in [0.29, 0.717) is 12.1 Å². The highest BCUT2D eigenvalue weighted by atomic mass is 16.5. The van der Waals surface area contributed by atoms with Crippen LogP contribution in [0.4, 0.5) is 0 Å². The fourth-order valence-electron chi connectivity index (χ4n) is 2.70. The lowest BCUT2D eigenvalue weighted by Crippen LogP contribution is -2.36. The van der Waals surface area contributed by atoms with E-state index in [1.807, 2.05) is 0 Å². The highest BCUT2D eigenvalue weighted by Crippen LogP contribution is 2.25. The van der Waals surface area contributed by atoms with E-state index in [1.165, 1.54) is 24.0 Å². The number of fused-ring (bicyclic) bond motifs is 1. The molecular formula is C16H25NO. The van der Waals surface area contributed by atoms with Crippen LogP contribution in [-0.4, -0.2) is 12.6 Å². The quantitative estimate of drug-likeness (QED) is 0.857. The smallest absolute Gasteiger partial charge is 0.0721 e. The zero-order valence-electron chi connectivity index (χ0n) is 11.8. The summed E-state index contributed by atoms with van der Waals surface area (Å²) in [7, 11) is 0. The normalized spacial score (nSPS) is 22.3. The molecule has 1 aromatic carbocycles. The summed E-state index contributed by atoms with van der Waals surface area (Å²) >= 11 is 0. The molecule has 2 heteroatoms. The van der Waals surface area contributed by atoms with Gasteiger partial charge in [0.05, 0.1) is 19.3 Å². The summed E-state index contributed by atoms with van der Waals surface area (Å²) in [4.78, 5) is 0. The molecule has 2 rings (SSSR count). The molecule has 0 aliphatic carbocycles. The predicted molar refractivity (Wildman–Crippen MR) is 75.5 cm³/mol. The van der Waals surface area contributed by atoms with Crippen LogP contribution >= 0.6 is 0 Å². The third kappa shape index (κ3) is 3.33. The van der Waals surface area contributed by atoms with Crippen LogP contribution in [0.1, 0.15) is 50.8 Å². The molecule has 0 spiro atoms. The summed E-state index contributed by atoms with van der Waals surface area (Å²) in [6.07, 6.45) is 2.49. The Bertz CT molecular complexity index is 377. The summed E-state index contributed by atoms with van der Waals surface area (Å²) in [6, 6.07) is 9.51. The Morgan fingerprint density at radius 2 is 2.11 bits per heavy atom. The predicted octanol–water partition coefficient (Wildman–Crippen LogP) is 3.67. The molecule has 0 aromatic heterocycles. The van der Waals surface area contributed by atoms with Crippen LogP contribution in [0.3, 0.4) is 0 Å². The number of hydrogen-bond donors (Lipinski definition) is 1. The molecule has 1 N–H and O–H groups in total. The first-order chi connectivity index (χ1) is 8.70. The standard InChI is InChI=1S/C16H25NO/c1-4-12(2)9-13(3)17-16-11-18-10-14-7-5-6-8-15(14)16/h5-8,12-13,16-17H,4,9-11H2,1-3H3.